The molecule has 0 fully saturated rings. The van der Waals surface area contributed by atoms with E-state index >= 15 is 0 Å². The molecule has 0 aliphatic rings. The lowest BCUT2D eigenvalue weighted by Crippen LogP contribution is -2.13. The van der Waals surface area contributed by atoms with E-state index in [1.807, 2.05) is 178 Å². The summed E-state index contributed by atoms with van der Waals surface area (Å²) in [7, 11) is 0. The normalized spacial score (nSPS) is 11.9. The molecular formula is C123H144N18. The van der Waals surface area contributed by atoms with Crippen LogP contribution in [0.1, 0.15) is 269 Å². The maximum Gasteiger partial charge on any atom is 0.159 e. The molecule has 18 heteroatoms. The van der Waals surface area contributed by atoms with Crippen LogP contribution in [0, 0.1) is 6.92 Å². The Hall–Kier alpha value is -14.3. The summed E-state index contributed by atoms with van der Waals surface area (Å²) in [4.78, 5) is 77.8. The van der Waals surface area contributed by atoms with Crippen LogP contribution in [-0.2, 0) is 54.1 Å². The Morgan fingerprint density at radius 2 is 0.582 bits per heavy atom. The monoisotopic (exact) mass is 1870 g/mol. The summed E-state index contributed by atoms with van der Waals surface area (Å²) in [6.45, 7) is 67.9. The van der Waals surface area contributed by atoms with Gasteiger partial charge in [0, 0.05) is 172 Å². The van der Waals surface area contributed by atoms with E-state index in [1.54, 1.807) is 37.2 Å². The summed E-state index contributed by atoms with van der Waals surface area (Å²) in [6.07, 6.45) is 35.1. The second kappa shape index (κ2) is 45.3. The Balaban J connectivity index is 0.000000150. The van der Waals surface area contributed by atoms with Crippen LogP contribution < -0.4 is 0 Å². The van der Waals surface area contributed by atoms with Gasteiger partial charge in [0.25, 0.3) is 0 Å². The van der Waals surface area contributed by atoms with E-state index in [0.29, 0.717) is 0 Å². The molecule has 18 aromatic heterocycles. The second-order valence-corrected chi connectivity index (χ2v) is 45.8. The van der Waals surface area contributed by atoms with Crippen LogP contribution in [0.2, 0.25) is 0 Å². The van der Waals surface area contributed by atoms with Crippen molar-refractivity contribution in [2.45, 2.75) is 269 Å². The van der Waals surface area contributed by atoms with Crippen molar-refractivity contribution in [3.63, 3.8) is 0 Å². The van der Waals surface area contributed by atoms with E-state index in [2.05, 4.69) is 401 Å². The Bertz CT molecular complexity index is 6640. The standard InChI is InChI=1S/C14H17N.C13H15N.8C12H14N2/c1-10-8-9-11-12(14(2,3)4)6-5-7-13(11)15-10;1-13(2,3)11-7-4-8-12-10(11)6-5-9-14-12;1-12(2,3)10-6-9-7-13-5-4-11(9)14-8-10;1-12(2,3)11-7-6-9-10(14-11)5-4-8-13-9;1-12(2,3)9-6-8-13-10-5-4-7-14-11(9)10;1-12(2,3)10-6-8-14-11-9(10)5-4-7-13-11;1-12(2,3)9-7-11-10(14-8-9)5-4-6-13-11;1-12(2,3)10-7-13-8-11-9(10)5-4-6-14-11;1-12(2,3)10-8-13-7-9-5-4-6-14-11(9)10;1-12(2,3)10-7-9-5-4-6-13-11(9)14-8-10/h5-9H,1-4H3;4-9H,1-3H3;8*4-8H,1-3H3. The highest BCUT2D eigenvalue weighted by atomic mass is 14.8. The van der Waals surface area contributed by atoms with Gasteiger partial charge in [-0.1, -0.05) is 250 Å². The summed E-state index contributed by atoms with van der Waals surface area (Å²) in [5.74, 6) is 0. The predicted molar refractivity (Wildman–Crippen MR) is 592 cm³/mol. The van der Waals surface area contributed by atoms with Crippen LogP contribution in [0.25, 0.3) is 110 Å². The SMILES string of the molecule is CC(C)(C)c1ccc2ncccc2n1.CC(C)(C)c1cccc2ncccc12.CC(C)(C)c1ccnc2cccnc12.CC(C)(C)c1ccnc2ncccc12.CC(C)(C)c1cnc2cccnc2c1.CC(C)(C)c1cnc2ccncc2c1.CC(C)(C)c1cnc2ncccc2c1.CC(C)(C)c1cncc2cccnc12.CC(C)(C)c1cncc2ncccc12.Cc1ccc2c(C(C)(C)C)cccc2n1. The molecule has 0 unspecified atom stereocenters. The molecule has 18 nitrogen and oxygen atoms in total. The highest BCUT2D eigenvalue weighted by molar-refractivity contribution is 5.87. The molecule has 0 atom stereocenters. The van der Waals surface area contributed by atoms with Crippen molar-refractivity contribution < 1.29 is 0 Å². The Morgan fingerprint density at radius 1 is 0.177 bits per heavy atom. The number of rotatable bonds is 0. The summed E-state index contributed by atoms with van der Waals surface area (Å²) in [6, 6.07) is 65.5. The number of fused-ring (bicyclic) bond motifs is 10. The van der Waals surface area contributed by atoms with Gasteiger partial charge in [-0.25, -0.2) is 19.9 Å². The van der Waals surface area contributed by atoms with Crippen LogP contribution in [-0.4, -0.2) is 89.7 Å². The molecule has 18 heterocycles. The van der Waals surface area contributed by atoms with Crippen LogP contribution in [0.4, 0.5) is 0 Å². The Kier molecular flexibility index (Phi) is 34.5. The lowest BCUT2D eigenvalue weighted by atomic mass is 9.84. The van der Waals surface area contributed by atoms with Crippen molar-refractivity contribution in [3.05, 3.63) is 373 Å². The molecule has 20 rings (SSSR count). The van der Waals surface area contributed by atoms with Gasteiger partial charge in [0.15, 0.2) is 11.3 Å². The van der Waals surface area contributed by atoms with Gasteiger partial charge >= 0.3 is 0 Å². The van der Waals surface area contributed by atoms with Gasteiger partial charge in [0.2, 0.25) is 0 Å². The van der Waals surface area contributed by atoms with Gasteiger partial charge in [-0.3, -0.25) is 69.8 Å². The smallest absolute Gasteiger partial charge is 0.159 e. The molecule has 2 aromatic carbocycles. The minimum absolute atomic E-state index is 0.0981. The lowest BCUT2D eigenvalue weighted by molar-refractivity contribution is 0.571. The van der Waals surface area contributed by atoms with E-state index < -0.39 is 0 Å². The summed E-state index contributed by atoms with van der Waals surface area (Å²) < 4.78 is 0. The molecule has 726 valence electrons. The van der Waals surface area contributed by atoms with Crippen molar-refractivity contribution in [1.82, 2.24) is 89.7 Å². The zero-order valence-corrected chi connectivity index (χ0v) is 89.0. The van der Waals surface area contributed by atoms with Crippen molar-refractivity contribution in [2.24, 2.45) is 0 Å². The fraction of sp³-hybridized carbons (Fsp3) is 0.333. The number of pyridine rings is 18. The van der Waals surface area contributed by atoms with Gasteiger partial charge in [0.1, 0.15) is 0 Å². The van der Waals surface area contributed by atoms with Crippen LogP contribution in [0.5, 0.6) is 0 Å². The first-order chi connectivity index (χ1) is 66.2. The number of aryl methyl sites for hydroxylation is 1. The lowest BCUT2D eigenvalue weighted by Gasteiger charge is -2.21. The largest absolute Gasteiger partial charge is 0.264 e. The molecule has 0 N–H and O–H groups in total. The molecule has 20 aromatic rings. The van der Waals surface area contributed by atoms with Crippen molar-refractivity contribution in [3.8, 4) is 0 Å². The van der Waals surface area contributed by atoms with Gasteiger partial charge in [-0.2, -0.15) is 0 Å². The third kappa shape index (κ3) is 29.9. The quantitative estimate of drug-likeness (QED) is 0.137. The average molecular weight is 1870 g/mol. The number of aromatic nitrogens is 18. The third-order valence-electron chi connectivity index (χ3n) is 23.6. The first-order valence-electron chi connectivity index (χ1n) is 48.6. The second-order valence-electron chi connectivity index (χ2n) is 45.8. The summed E-state index contributed by atoms with van der Waals surface area (Å²) in [5.41, 5.74) is 27.8. The van der Waals surface area contributed by atoms with Gasteiger partial charge < -0.3 is 0 Å². The first kappa shape index (κ1) is 107. The summed E-state index contributed by atoms with van der Waals surface area (Å²) >= 11 is 0. The molecule has 0 spiro atoms. The highest BCUT2D eigenvalue weighted by Crippen LogP contribution is 2.36. The van der Waals surface area contributed by atoms with Crippen LogP contribution in [0.15, 0.2) is 312 Å². The molecule has 0 saturated heterocycles. The maximum atomic E-state index is 4.58. The molecule has 0 amide bonds. The van der Waals surface area contributed by atoms with Crippen LogP contribution in [0.3, 0.4) is 0 Å². The average Bonchev–Trinajstić information content (AvgIpc) is 0.798. The molecule has 0 saturated carbocycles. The summed E-state index contributed by atoms with van der Waals surface area (Å²) in [5, 5.41) is 8.23. The Labute approximate surface area is 836 Å². The maximum absolute atomic E-state index is 4.58. The van der Waals surface area contributed by atoms with Gasteiger partial charge in [-0.05, 0) is 252 Å². The molecule has 0 aliphatic carbocycles. The number of nitrogens with zero attached hydrogens (tertiary/aromatic N) is 18. The fourth-order valence-electron chi connectivity index (χ4n) is 15.5. The van der Waals surface area contributed by atoms with Crippen LogP contribution >= 0.6 is 0 Å². The van der Waals surface area contributed by atoms with E-state index in [0.717, 1.165) is 105 Å². The van der Waals surface area contributed by atoms with Gasteiger partial charge in [-0.15, -0.1) is 0 Å². The molecular weight excluding hydrogens is 1730 g/mol. The number of benzene rings is 2. The van der Waals surface area contributed by atoms with E-state index in [4.69, 9.17) is 0 Å². The predicted octanol–water partition coefficient (Wildman–Crippen LogP) is 30.8. The highest BCUT2D eigenvalue weighted by Gasteiger charge is 2.25. The third-order valence-corrected chi connectivity index (χ3v) is 23.6. The number of hydrogen-bond acceptors (Lipinski definition) is 18. The minimum atomic E-state index is 0.0981. The zero-order chi connectivity index (χ0) is 103. The van der Waals surface area contributed by atoms with Crippen molar-refractivity contribution in [2.75, 3.05) is 0 Å². The topological polar surface area (TPSA) is 232 Å². The van der Waals surface area contributed by atoms with E-state index in [1.165, 1.54) is 66.2 Å². The fourth-order valence-corrected chi connectivity index (χ4v) is 15.5. The minimum Gasteiger partial charge on any atom is -0.264 e. The zero-order valence-electron chi connectivity index (χ0n) is 89.0. The van der Waals surface area contributed by atoms with Crippen molar-refractivity contribution >= 4 is 110 Å². The molecule has 0 radical (unpaired) electrons. The van der Waals surface area contributed by atoms with Crippen molar-refractivity contribution in [1.29, 1.82) is 0 Å². The Morgan fingerprint density at radius 3 is 1.18 bits per heavy atom. The number of hydrogen-bond donors (Lipinski definition) is 0. The molecule has 0 bridgehead atoms. The molecule has 0 aliphatic heterocycles. The van der Waals surface area contributed by atoms with E-state index in [9.17, 15) is 0 Å². The van der Waals surface area contributed by atoms with E-state index in [-0.39, 0.29) is 54.1 Å². The molecule has 141 heavy (non-hydrogen) atoms. The first-order valence-corrected chi connectivity index (χ1v) is 48.6. The van der Waals surface area contributed by atoms with Gasteiger partial charge in [0.05, 0.1) is 66.9 Å².